The van der Waals surface area contributed by atoms with Crippen LogP contribution in [0.2, 0.25) is 0 Å². The molecule has 0 spiro atoms. The van der Waals surface area contributed by atoms with Crippen LogP contribution in [0.25, 0.3) is 0 Å². The molecule has 1 aliphatic carbocycles. The highest BCUT2D eigenvalue weighted by molar-refractivity contribution is 9.09. The van der Waals surface area contributed by atoms with Crippen LogP contribution in [0, 0.1) is 11.3 Å². The molecule has 0 aromatic rings. The molecule has 2 aliphatic heterocycles. The molecule has 0 radical (unpaired) electrons. The highest BCUT2D eigenvalue weighted by Crippen LogP contribution is 2.39. The van der Waals surface area contributed by atoms with Crippen LogP contribution in [0.1, 0.15) is 57.8 Å². The van der Waals surface area contributed by atoms with Crippen LogP contribution in [0.3, 0.4) is 0 Å². The molecular formula is C18H33BrN2. The van der Waals surface area contributed by atoms with Crippen molar-refractivity contribution in [2.24, 2.45) is 11.3 Å². The average molecular weight is 357 g/mol. The normalized spacial score (nSPS) is 35.1. The van der Waals surface area contributed by atoms with Crippen molar-refractivity contribution >= 4 is 15.9 Å². The molecule has 0 bridgehead atoms. The lowest BCUT2D eigenvalue weighted by Crippen LogP contribution is -2.54. The zero-order valence-electron chi connectivity index (χ0n) is 13.8. The van der Waals surface area contributed by atoms with Gasteiger partial charge >= 0.3 is 0 Å². The van der Waals surface area contributed by atoms with E-state index in [0.29, 0.717) is 5.41 Å². The van der Waals surface area contributed by atoms with Gasteiger partial charge in [0.2, 0.25) is 0 Å². The van der Waals surface area contributed by atoms with Gasteiger partial charge in [0.15, 0.2) is 0 Å². The number of halogens is 1. The van der Waals surface area contributed by atoms with Crippen molar-refractivity contribution in [3.63, 3.8) is 0 Å². The van der Waals surface area contributed by atoms with Gasteiger partial charge in [0.05, 0.1) is 0 Å². The Hall–Kier alpha value is 0.400. The summed E-state index contributed by atoms with van der Waals surface area (Å²) in [5, 5.41) is 1.21. The maximum atomic E-state index is 3.87. The Kier molecular flexibility index (Phi) is 5.66. The van der Waals surface area contributed by atoms with Crippen molar-refractivity contribution < 1.29 is 0 Å². The summed E-state index contributed by atoms with van der Waals surface area (Å²) in [6.07, 6.45) is 13.0. The van der Waals surface area contributed by atoms with Crippen LogP contribution >= 0.6 is 15.9 Å². The molecule has 0 aromatic heterocycles. The van der Waals surface area contributed by atoms with Crippen LogP contribution < -0.4 is 0 Å². The monoisotopic (exact) mass is 356 g/mol. The van der Waals surface area contributed by atoms with Crippen molar-refractivity contribution in [3.05, 3.63) is 0 Å². The first-order valence-corrected chi connectivity index (χ1v) is 10.3. The largest absolute Gasteiger partial charge is 0.303 e. The van der Waals surface area contributed by atoms with Gasteiger partial charge in [-0.3, -0.25) is 0 Å². The standard InChI is InChI=1S/C18H33BrN2/c1-20-11-6-7-16-13-21(12-8-17(16)20)15-18(14-19)9-4-2-3-5-10-18/h16-17H,2-15H2,1H3. The van der Waals surface area contributed by atoms with Crippen molar-refractivity contribution in [2.75, 3.05) is 38.6 Å². The lowest BCUT2D eigenvalue weighted by atomic mass is 9.79. The lowest BCUT2D eigenvalue weighted by Gasteiger charge is -2.48. The van der Waals surface area contributed by atoms with Crippen molar-refractivity contribution in [1.82, 2.24) is 9.80 Å². The van der Waals surface area contributed by atoms with E-state index in [4.69, 9.17) is 0 Å². The van der Waals surface area contributed by atoms with Gasteiger partial charge in [-0.15, -0.1) is 0 Å². The SMILES string of the molecule is CN1CCCC2CN(CC3(CBr)CCCCCC3)CCC21. The van der Waals surface area contributed by atoms with Gasteiger partial charge in [-0.25, -0.2) is 0 Å². The second kappa shape index (κ2) is 7.31. The predicted molar refractivity (Wildman–Crippen MR) is 94.1 cm³/mol. The fourth-order valence-corrected chi connectivity index (χ4v) is 5.90. The second-order valence-corrected chi connectivity index (χ2v) is 8.58. The number of fused-ring (bicyclic) bond motifs is 1. The summed E-state index contributed by atoms with van der Waals surface area (Å²) < 4.78 is 0. The Bertz CT molecular complexity index is 325. The van der Waals surface area contributed by atoms with E-state index in [-0.39, 0.29) is 0 Å². The number of alkyl halides is 1. The first-order chi connectivity index (χ1) is 10.2. The summed E-state index contributed by atoms with van der Waals surface area (Å²) >= 11 is 3.87. The maximum absolute atomic E-state index is 3.87. The minimum atomic E-state index is 0.573. The first kappa shape index (κ1) is 16.3. The third kappa shape index (κ3) is 3.84. The van der Waals surface area contributed by atoms with E-state index in [2.05, 4.69) is 32.8 Å². The van der Waals surface area contributed by atoms with Crippen LogP contribution in [-0.2, 0) is 0 Å². The molecular weight excluding hydrogens is 324 g/mol. The van der Waals surface area contributed by atoms with Crippen LogP contribution in [0.15, 0.2) is 0 Å². The lowest BCUT2D eigenvalue weighted by molar-refractivity contribution is 0.0200. The zero-order valence-corrected chi connectivity index (χ0v) is 15.4. The second-order valence-electron chi connectivity index (χ2n) is 8.02. The summed E-state index contributed by atoms with van der Waals surface area (Å²) in [6.45, 7) is 5.38. The predicted octanol–water partition coefficient (Wildman–Crippen LogP) is 4.14. The molecule has 1 saturated carbocycles. The van der Waals surface area contributed by atoms with Gasteiger partial charge in [-0.05, 0) is 63.6 Å². The number of rotatable bonds is 3. The van der Waals surface area contributed by atoms with E-state index in [9.17, 15) is 0 Å². The summed E-state index contributed by atoms with van der Waals surface area (Å²) in [5.41, 5.74) is 0.573. The smallest absolute Gasteiger partial charge is 0.0145 e. The van der Waals surface area contributed by atoms with E-state index in [0.717, 1.165) is 12.0 Å². The Morgan fingerprint density at radius 2 is 1.76 bits per heavy atom. The molecule has 21 heavy (non-hydrogen) atoms. The third-order valence-corrected chi connectivity index (χ3v) is 7.63. The Balaban J connectivity index is 1.59. The summed E-state index contributed by atoms with van der Waals surface area (Å²) in [6, 6.07) is 0.879. The van der Waals surface area contributed by atoms with Crippen molar-refractivity contribution in [1.29, 1.82) is 0 Å². The highest BCUT2D eigenvalue weighted by Gasteiger charge is 2.38. The fourth-order valence-electron chi connectivity index (χ4n) is 5.16. The van der Waals surface area contributed by atoms with E-state index in [1.165, 1.54) is 89.3 Å². The molecule has 2 atom stereocenters. The van der Waals surface area contributed by atoms with Gasteiger partial charge in [0, 0.05) is 24.5 Å². The van der Waals surface area contributed by atoms with Crippen molar-refractivity contribution in [2.45, 2.75) is 63.8 Å². The molecule has 2 unspecified atom stereocenters. The number of piperidine rings is 2. The molecule has 122 valence electrons. The molecule has 3 rings (SSSR count). The van der Waals surface area contributed by atoms with Crippen molar-refractivity contribution in [3.8, 4) is 0 Å². The topological polar surface area (TPSA) is 6.48 Å². The number of hydrogen-bond donors (Lipinski definition) is 0. The van der Waals surface area contributed by atoms with E-state index in [1.807, 2.05) is 0 Å². The summed E-state index contributed by atoms with van der Waals surface area (Å²) in [7, 11) is 2.35. The molecule has 3 heteroatoms. The minimum absolute atomic E-state index is 0.573. The van der Waals surface area contributed by atoms with Crippen LogP contribution in [0.4, 0.5) is 0 Å². The molecule has 0 amide bonds. The minimum Gasteiger partial charge on any atom is -0.303 e. The average Bonchev–Trinajstić information content (AvgIpc) is 2.74. The first-order valence-electron chi connectivity index (χ1n) is 9.21. The Morgan fingerprint density at radius 1 is 1.00 bits per heavy atom. The van der Waals surface area contributed by atoms with Gasteiger partial charge < -0.3 is 9.80 Å². The number of nitrogens with zero attached hydrogens (tertiary/aromatic N) is 2. The molecule has 0 N–H and O–H groups in total. The molecule has 2 saturated heterocycles. The summed E-state index contributed by atoms with van der Waals surface area (Å²) in [4.78, 5) is 5.46. The van der Waals surface area contributed by atoms with Gasteiger partial charge in [0.1, 0.15) is 0 Å². The van der Waals surface area contributed by atoms with Gasteiger partial charge in [-0.2, -0.15) is 0 Å². The zero-order chi connectivity index (χ0) is 14.7. The molecule has 3 aliphatic rings. The molecule has 2 nitrogen and oxygen atoms in total. The Labute approximate surface area is 139 Å². The fraction of sp³-hybridized carbons (Fsp3) is 1.00. The highest BCUT2D eigenvalue weighted by atomic mass is 79.9. The van der Waals surface area contributed by atoms with Crippen LogP contribution in [-0.4, -0.2) is 54.4 Å². The van der Waals surface area contributed by atoms with E-state index >= 15 is 0 Å². The third-order valence-electron chi connectivity index (χ3n) is 6.44. The number of hydrogen-bond acceptors (Lipinski definition) is 2. The number of likely N-dealkylation sites (tertiary alicyclic amines) is 2. The molecule has 2 heterocycles. The van der Waals surface area contributed by atoms with E-state index in [1.54, 1.807) is 0 Å². The summed E-state index contributed by atoms with van der Waals surface area (Å²) in [5.74, 6) is 0.940. The van der Waals surface area contributed by atoms with Gasteiger partial charge in [0.25, 0.3) is 0 Å². The molecule has 0 aromatic carbocycles. The molecule has 3 fully saturated rings. The maximum Gasteiger partial charge on any atom is 0.0145 e. The Morgan fingerprint density at radius 3 is 2.48 bits per heavy atom. The van der Waals surface area contributed by atoms with Gasteiger partial charge in [-0.1, -0.05) is 41.6 Å². The van der Waals surface area contributed by atoms with Crippen LogP contribution in [0.5, 0.6) is 0 Å². The van der Waals surface area contributed by atoms with E-state index < -0.39 is 0 Å². The quantitative estimate of drug-likeness (QED) is 0.553.